The van der Waals surface area contributed by atoms with Crippen LogP contribution in [-0.2, 0) is 9.59 Å². The molecular weight excluding hydrogens is 256 g/mol. The van der Waals surface area contributed by atoms with Crippen molar-refractivity contribution in [2.24, 2.45) is 0 Å². The largest absolute Gasteiger partial charge is 0.497 e. The van der Waals surface area contributed by atoms with Crippen LogP contribution < -0.4 is 10.1 Å². The van der Waals surface area contributed by atoms with E-state index >= 15 is 0 Å². The van der Waals surface area contributed by atoms with E-state index in [2.05, 4.69) is 5.32 Å². The lowest BCUT2D eigenvalue weighted by Crippen LogP contribution is -2.40. The van der Waals surface area contributed by atoms with Crippen molar-refractivity contribution in [1.82, 2.24) is 4.90 Å². The van der Waals surface area contributed by atoms with Crippen LogP contribution in [0.25, 0.3) is 0 Å². The number of methoxy groups -OCH3 is 1. The van der Waals surface area contributed by atoms with Crippen LogP contribution in [0.4, 0.5) is 5.69 Å². The van der Waals surface area contributed by atoms with Crippen LogP contribution in [-0.4, -0.2) is 36.9 Å². The fraction of sp³-hybridized carbons (Fsp3) is 0.467. The van der Waals surface area contributed by atoms with Crippen LogP contribution in [0.5, 0.6) is 5.75 Å². The topological polar surface area (TPSA) is 58.6 Å². The number of nitrogens with zero attached hydrogens (tertiary/aromatic N) is 1. The standard InChI is InChI=1S/C15H20N2O3/c1-20-13-8-6-12(7-9-13)16-14(18)15(19)17-10-4-2-3-5-11-17/h6-9H,2-5,10-11H2,1H3,(H,16,18). The average Bonchev–Trinajstić information content (AvgIpc) is 2.76. The molecule has 0 spiro atoms. The van der Waals surface area contributed by atoms with Crippen molar-refractivity contribution in [2.75, 3.05) is 25.5 Å². The maximum Gasteiger partial charge on any atom is 0.313 e. The molecule has 0 aliphatic carbocycles. The summed E-state index contributed by atoms with van der Waals surface area (Å²) in [6, 6.07) is 6.91. The predicted octanol–water partition coefficient (Wildman–Crippen LogP) is 2.04. The number of anilines is 1. The number of nitrogens with one attached hydrogen (secondary N) is 1. The molecule has 1 aliphatic rings. The lowest BCUT2D eigenvalue weighted by Gasteiger charge is -2.19. The van der Waals surface area contributed by atoms with E-state index in [4.69, 9.17) is 4.74 Å². The number of hydrogen-bond donors (Lipinski definition) is 1. The minimum absolute atomic E-state index is 0.442. The van der Waals surface area contributed by atoms with Crippen LogP contribution in [0.2, 0.25) is 0 Å². The molecule has 1 aromatic rings. The molecule has 20 heavy (non-hydrogen) atoms. The number of rotatable bonds is 2. The summed E-state index contributed by atoms with van der Waals surface area (Å²) in [5.41, 5.74) is 0.596. The Morgan fingerprint density at radius 3 is 2.20 bits per heavy atom. The van der Waals surface area contributed by atoms with Crippen molar-refractivity contribution in [2.45, 2.75) is 25.7 Å². The Morgan fingerprint density at radius 2 is 1.65 bits per heavy atom. The first-order valence-electron chi connectivity index (χ1n) is 6.95. The van der Waals surface area contributed by atoms with Crippen LogP contribution in [0.1, 0.15) is 25.7 Å². The Bertz CT molecular complexity index is 463. The van der Waals surface area contributed by atoms with E-state index in [1.165, 1.54) is 0 Å². The second-order valence-corrected chi connectivity index (χ2v) is 4.89. The number of carbonyl (C=O) groups excluding carboxylic acids is 2. The summed E-state index contributed by atoms with van der Waals surface area (Å²) >= 11 is 0. The van der Waals surface area contributed by atoms with Gasteiger partial charge in [0.1, 0.15) is 5.75 Å². The molecule has 0 bridgehead atoms. The van der Waals surface area contributed by atoms with Crippen LogP contribution in [0, 0.1) is 0 Å². The summed E-state index contributed by atoms with van der Waals surface area (Å²) < 4.78 is 5.04. The molecule has 0 aromatic heterocycles. The molecule has 1 aliphatic heterocycles. The zero-order chi connectivity index (χ0) is 14.4. The molecule has 1 aromatic carbocycles. The minimum atomic E-state index is -0.572. The lowest BCUT2D eigenvalue weighted by molar-refractivity contribution is -0.143. The van der Waals surface area contributed by atoms with Gasteiger partial charge in [-0.15, -0.1) is 0 Å². The fourth-order valence-electron chi connectivity index (χ4n) is 2.28. The van der Waals surface area contributed by atoms with Gasteiger partial charge in [0.2, 0.25) is 0 Å². The number of amides is 2. The summed E-state index contributed by atoms with van der Waals surface area (Å²) in [5, 5.41) is 2.63. The van der Waals surface area contributed by atoms with E-state index in [1.807, 2.05) is 0 Å². The van der Waals surface area contributed by atoms with Gasteiger partial charge in [0, 0.05) is 18.8 Å². The van der Waals surface area contributed by atoms with Gasteiger partial charge < -0.3 is 15.0 Å². The monoisotopic (exact) mass is 276 g/mol. The summed E-state index contributed by atoms with van der Waals surface area (Å²) in [6.45, 7) is 1.35. The molecule has 0 radical (unpaired) electrons. The molecule has 1 fully saturated rings. The third kappa shape index (κ3) is 3.73. The number of hydrogen-bond acceptors (Lipinski definition) is 3. The molecular formula is C15H20N2O3. The van der Waals surface area contributed by atoms with Crippen molar-refractivity contribution in [3.63, 3.8) is 0 Å². The molecule has 2 amide bonds. The van der Waals surface area contributed by atoms with Crippen molar-refractivity contribution in [1.29, 1.82) is 0 Å². The lowest BCUT2D eigenvalue weighted by atomic mass is 10.2. The molecule has 5 heteroatoms. The van der Waals surface area contributed by atoms with Crippen molar-refractivity contribution in [3.05, 3.63) is 24.3 Å². The van der Waals surface area contributed by atoms with E-state index in [-0.39, 0.29) is 0 Å². The zero-order valence-corrected chi connectivity index (χ0v) is 11.7. The maximum absolute atomic E-state index is 12.1. The van der Waals surface area contributed by atoms with Crippen molar-refractivity contribution >= 4 is 17.5 Å². The van der Waals surface area contributed by atoms with E-state index in [9.17, 15) is 9.59 Å². The summed E-state index contributed by atoms with van der Waals surface area (Å²) in [6.07, 6.45) is 4.21. The first-order valence-corrected chi connectivity index (χ1v) is 6.95. The highest BCUT2D eigenvalue weighted by molar-refractivity contribution is 6.39. The maximum atomic E-state index is 12.1. The molecule has 1 saturated heterocycles. The predicted molar refractivity (Wildman–Crippen MR) is 76.7 cm³/mol. The highest BCUT2D eigenvalue weighted by Crippen LogP contribution is 2.15. The first-order chi connectivity index (χ1) is 9.70. The molecule has 1 N–H and O–H groups in total. The van der Waals surface area contributed by atoms with Crippen LogP contribution >= 0.6 is 0 Å². The highest BCUT2D eigenvalue weighted by Gasteiger charge is 2.22. The van der Waals surface area contributed by atoms with Gasteiger partial charge in [-0.25, -0.2) is 0 Å². The van der Waals surface area contributed by atoms with Gasteiger partial charge in [-0.05, 0) is 37.1 Å². The van der Waals surface area contributed by atoms with Crippen molar-refractivity contribution < 1.29 is 14.3 Å². The van der Waals surface area contributed by atoms with Gasteiger partial charge in [-0.2, -0.15) is 0 Å². The zero-order valence-electron chi connectivity index (χ0n) is 11.7. The molecule has 0 saturated carbocycles. The number of likely N-dealkylation sites (tertiary alicyclic amines) is 1. The quantitative estimate of drug-likeness (QED) is 0.841. The Morgan fingerprint density at radius 1 is 1.05 bits per heavy atom. The smallest absolute Gasteiger partial charge is 0.313 e. The summed E-state index contributed by atoms with van der Waals surface area (Å²) in [7, 11) is 1.58. The normalized spacial score (nSPS) is 15.3. The molecule has 5 nitrogen and oxygen atoms in total. The SMILES string of the molecule is COc1ccc(NC(=O)C(=O)N2CCCCCC2)cc1. The van der Waals surface area contributed by atoms with Gasteiger partial charge in [-0.3, -0.25) is 9.59 Å². The van der Waals surface area contributed by atoms with Gasteiger partial charge >= 0.3 is 11.8 Å². The van der Waals surface area contributed by atoms with Gasteiger partial charge in [0.15, 0.2) is 0 Å². The highest BCUT2D eigenvalue weighted by atomic mass is 16.5. The first kappa shape index (κ1) is 14.4. The molecule has 1 heterocycles. The van der Waals surface area contributed by atoms with E-state index in [1.54, 1.807) is 36.3 Å². The Kier molecular flexibility index (Phi) is 4.98. The van der Waals surface area contributed by atoms with E-state index in [0.29, 0.717) is 24.5 Å². The van der Waals surface area contributed by atoms with Crippen molar-refractivity contribution in [3.8, 4) is 5.75 Å². The summed E-state index contributed by atoms with van der Waals surface area (Å²) in [5.74, 6) is -0.304. The summed E-state index contributed by atoms with van der Waals surface area (Å²) in [4.78, 5) is 25.7. The van der Waals surface area contributed by atoms with Crippen LogP contribution in [0.3, 0.4) is 0 Å². The molecule has 0 atom stereocenters. The number of benzene rings is 1. The third-order valence-corrected chi connectivity index (χ3v) is 3.44. The second kappa shape index (κ2) is 6.93. The molecule has 2 rings (SSSR count). The van der Waals surface area contributed by atoms with Gasteiger partial charge in [0.05, 0.1) is 7.11 Å². The molecule has 108 valence electrons. The fourth-order valence-corrected chi connectivity index (χ4v) is 2.28. The molecule has 0 unspecified atom stereocenters. The number of carbonyl (C=O) groups is 2. The third-order valence-electron chi connectivity index (χ3n) is 3.44. The number of ether oxygens (including phenoxy) is 1. The van der Waals surface area contributed by atoms with Gasteiger partial charge in [-0.1, -0.05) is 12.8 Å². The Labute approximate surface area is 118 Å². The Balaban J connectivity index is 1.94. The Hall–Kier alpha value is -2.04. The van der Waals surface area contributed by atoms with E-state index in [0.717, 1.165) is 25.7 Å². The second-order valence-electron chi connectivity index (χ2n) is 4.89. The van der Waals surface area contributed by atoms with E-state index < -0.39 is 11.8 Å². The van der Waals surface area contributed by atoms with Gasteiger partial charge in [0.25, 0.3) is 0 Å². The average molecular weight is 276 g/mol. The minimum Gasteiger partial charge on any atom is -0.497 e. The van der Waals surface area contributed by atoms with Crippen LogP contribution in [0.15, 0.2) is 24.3 Å².